The number of hydrogen-bond donors (Lipinski definition) is 2. The van der Waals surface area contributed by atoms with Gasteiger partial charge in [0, 0.05) is 7.11 Å². The molecule has 0 spiro atoms. The third kappa shape index (κ3) is 3.77. The SMILES string of the molecule is COCCONC(=O)C1(N)CCCCC1. The number of ether oxygens (including phenoxy) is 1. The van der Waals surface area contributed by atoms with Gasteiger partial charge in [0.05, 0.1) is 18.8 Å². The van der Waals surface area contributed by atoms with Crippen molar-refractivity contribution in [2.45, 2.75) is 37.6 Å². The molecule has 88 valence electrons. The van der Waals surface area contributed by atoms with Crippen LogP contribution < -0.4 is 11.2 Å². The minimum Gasteiger partial charge on any atom is -0.382 e. The van der Waals surface area contributed by atoms with Crippen LogP contribution in [0.2, 0.25) is 0 Å². The third-order valence-electron chi connectivity index (χ3n) is 2.75. The fourth-order valence-electron chi connectivity index (χ4n) is 1.75. The molecule has 1 amide bonds. The largest absolute Gasteiger partial charge is 0.382 e. The summed E-state index contributed by atoms with van der Waals surface area (Å²) in [4.78, 5) is 16.6. The molecule has 15 heavy (non-hydrogen) atoms. The highest BCUT2D eigenvalue weighted by Gasteiger charge is 2.35. The van der Waals surface area contributed by atoms with Crippen molar-refractivity contribution < 1.29 is 14.4 Å². The monoisotopic (exact) mass is 216 g/mol. The average Bonchev–Trinajstić information content (AvgIpc) is 2.25. The normalized spacial score (nSPS) is 19.9. The minimum atomic E-state index is -0.731. The van der Waals surface area contributed by atoms with E-state index in [9.17, 15) is 4.79 Å². The summed E-state index contributed by atoms with van der Waals surface area (Å²) < 4.78 is 4.79. The number of methoxy groups -OCH3 is 1. The summed E-state index contributed by atoms with van der Waals surface area (Å²) in [5.41, 5.74) is 7.65. The van der Waals surface area contributed by atoms with Crippen LogP contribution in [0, 0.1) is 0 Å². The Bertz CT molecular complexity index is 203. The molecule has 1 rings (SSSR count). The highest BCUT2D eigenvalue weighted by molar-refractivity contribution is 5.85. The molecule has 0 bridgehead atoms. The summed E-state index contributed by atoms with van der Waals surface area (Å²) in [6.45, 7) is 0.802. The smallest absolute Gasteiger partial charge is 0.263 e. The Morgan fingerprint density at radius 3 is 2.60 bits per heavy atom. The number of amides is 1. The van der Waals surface area contributed by atoms with Crippen molar-refractivity contribution in [2.75, 3.05) is 20.3 Å². The average molecular weight is 216 g/mol. The molecule has 0 atom stereocenters. The van der Waals surface area contributed by atoms with Gasteiger partial charge in [0.15, 0.2) is 0 Å². The summed E-state index contributed by atoms with van der Waals surface area (Å²) in [7, 11) is 1.58. The Morgan fingerprint density at radius 1 is 1.33 bits per heavy atom. The topological polar surface area (TPSA) is 73.6 Å². The Labute approximate surface area is 90.3 Å². The molecule has 0 aliphatic heterocycles. The van der Waals surface area contributed by atoms with E-state index in [0.29, 0.717) is 13.2 Å². The lowest BCUT2D eigenvalue weighted by Gasteiger charge is -2.31. The van der Waals surface area contributed by atoms with Crippen LogP contribution in [0.3, 0.4) is 0 Å². The van der Waals surface area contributed by atoms with Gasteiger partial charge in [-0.1, -0.05) is 19.3 Å². The van der Waals surface area contributed by atoms with Crippen LogP contribution in [0.1, 0.15) is 32.1 Å². The fraction of sp³-hybridized carbons (Fsp3) is 0.900. The van der Waals surface area contributed by atoms with E-state index in [2.05, 4.69) is 5.48 Å². The first-order valence-electron chi connectivity index (χ1n) is 5.39. The fourth-order valence-corrected chi connectivity index (χ4v) is 1.75. The second-order valence-corrected chi connectivity index (χ2v) is 3.99. The molecule has 0 aromatic heterocycles. The summed E-state index contributed by atoms with van der Waals surface area (Å²) in [6, 6.07) is 0. The minimum absolute atomic E-state index is 0.210. The van der Waals surface area contributed by atoms with E-state index in [-0.39, 0.29) is 5.91 Å². The van der Waals surface area contributed by atoms with E-state index in [0.717, 1.165) is 32.1 Å². The molecule has 5 heteroatoms. The molecule has 0 radical (unpaired) electrons. The van der Waals surface area contributed by atoms with Crippen molar-refractivity contribution in [1.29, 1.82) is 0 Å². The maximum absolute atomic E-state index is 11.7. The Morgan fingerprint density at radius 2 is 2.00 bits per heavy atom. The van der Waals surface area contributed by atoms with Gasteiger partial charge >= 0.3 is 0 Å². The zero-order valence-electron chi connectivity index (χ0n) is 9.25. The van der Waals surface area contributed by atoms with Gasteiger partial charge in [0.2, 0.25) is 0 Å². The van der Waals surface area contributed by atoms with Crippen molar-refractivity contribution in [3.8, 4) is 0 Å². The van der Waals surface area contributed by atoms with Crippen LogP contribution in [-0.2, 0) is 14.4 Å². The molecule has 0 saturated heterocycles. The zero-order chi connectivity index (χ0) is 11.1. The maximum Gasteiger partial charge on any atom is 0.263 e. The van der Waals surface area contributed by atoms with Crippen molar-refractivity contribution in [2.24, 2.45) is 5.73 Å². The van der Waals surface area contributed by atoms with Crippen LogP contribution in [0.25, 0.3) is 0 Å². The molecule has 1 fully saturated rings. The molecule has 0 aromatic carbocycles. The first-order valence-corrected chi connectivity index (χ1v) is 5.39. The molecule has 1 saturated carbocycles. The number of carbonyl (C=O) groups excluding carboxylic acids is 1. The lowest BCUT2D eigenvalue weighted by Crippen LogP contribution is -2.55. The van der Waals surface area contributed by atoms with E-state index in [4.69, 9.17) is 15.3 Å². The van der Waals surface area contributed by atoms with E-state index >= 15 is 0 Å². The second-order valence-electron chi connectivity index (χ2n) is 3.99. The Hall–Kier alpha value is -0.650. The Balaban J connectivity index is 2.25. The molecule has 1 aliphatic carbocycles. The first kappa shape index (κ1) is 12.4. The summed E-state index contributed by atoms with van der Waals surface area (Å²) >= 11 is 0. The van der Waals surface area contributed by atoms with Crippen molar-refractivity contribution >= 4 is 5.91 Å². The van der Waals surface area contributed by atoms with Crippen LogP contribution in [0.15, 0.2) is 0 Å². The molecule has 0 heterocycles. The number of nitrogens with two attached hydrogens (primary N) is 1. The first-order chi connectivity index (χ1) is 7.19. The Kier molecular flexibility index (Phi) is 5.01. The van der Waals surface area contributed by atoms with Gasteiger partial charge in [-0.25, -0.2) is 5.48 Å². The van der Waals surface area contributed by atoms with E-state index in [1.807, 2.05) is 0 Å². The van der Waals surface area contributed by atoms with Crippen LogP contribution in [0.4, 0.5) is 0 Å². The van der Waals surface area contributed by atoms with E-state index < -0.39 is 5.54 Å². The predicted octanol–water partition coefficient (Wildman–Crippen LogP) is 0.342. The maximum atomic E-state index is 11.7. The van der Waals surface area contributed by atoms with Gasteiger partial charge < -0.3 is 10.5 Å². The number of nitrogens with one attached hydrogen (secondary N) is 1. The molecular formula is C10H20N2O3. The lowest BCUT2D eigenvalue weighted by atomic mass is 9.82. The lowest BCUT2D eigenvalue weighted by molar-refractivity contribution is -0.141. The molecule has 0 aromatic rings. The summed E-state index contributed by atoms with van der Waals surface area (Å²) in [5, 5.41) is 0. The molecule has 1 aliphatic rings. The highest BCUT2D eigenvalue weighted by Crippen LogP contribution is 2.25. The number of hydrogen-bond acceptors (Lipinski definition) is 4. The predicted molar refractivity (Wildman–Crippen MR) is 56.0 cm³/mol. The van der Waals surface area contributed by atoms with E-state index in [1.165, 1.54) is 0 Å². The van der Waals surface area contributed by atoms with Crippen molar-refractivity contribution in [3.05, 3.63) is 0 Å². The summed E-state index contributed by atoms with van der Waals surface area (Å²) in [6.07, 6.45) is 4.68. The molecule has 3 N–H and O–H groups in total. The standard InChI is InChI=1S/C10H20N2O3/c1-14-7-8-15-12-9(13)10(11)5-3-2-4-6-10/h2-8,11H2,1H3,(H,12,13). The van der Waals surface area contributed by atoms with Gasteiger partial charge in [-0.2, -0.15) is 0 Å². The van der Waals surface area contributed by atoms with Crippen molar-refractivity contribution in [3.63, 3.8) is 0 Å². The van der Waals surface area contributed by atoms with Crippen LogP contribution >= 0.6 is 0 Å². The van der Waals surface area contributed by atoms with Crippen molar-refractivity contribution in [1.82, 2.24) is 5.48 Å². The van der Waals surface area contributed by atoms with Gasteiger partial charge in [0.1, 0.15) is 0 Å². The van der Waals surface area contributed by atoms with Gasteiger partial charge in [-0.15, -0.1) is 0 Å². The van der Waals surface area contributed by atoms with Gasteiger partial charge in [0.25, 0.3) is 5.91 Å². The molecule has 5 nitrogen and oxygen atoms in total. The summed E-state index contributed by atoms with van der Waals surface area (Å²) in [5.74, 6) is -0.210. The third-order valence-corrected chi connectivity index (χ3v) is 2.75. The molecular weight excluding hydrogens is 196 g/mol. The number of carbonyl (C=O) groups is 1. The quantitative estimate of drug-likeness (QED) is 0.513. The second kappa shape index (κ2) is 6.05. The highest BCUT2D eigenvalue weighted by atomic mass is 16.7. The van der Waals surface area contributed by atoms with Crippen LogP contribution in [0.5, 0.6) is 0 Å². The number of rotatable bonds is 5. The zero-order valence-corrected chi connectivity index (χ0v) is 9.25. The number of hydroxylamine groups is 1. The molecule has 0 unspecified atom stereocenters. The van der Waals surface area contributed by atoms with Gasteiger partial charge in [-0.05, 0) is 12.8 Å². The van der Waals surface area contributed by atoms with E-state index in [1.54, 1.807) is 7.11 Å². The van der Waals surface area contributed by atoms with Crippen LogP contribution in [-0.4, -0.2) is 31.8 Å². The van der Waals surface area contributed by atoms with Gasteiger partial charge in [-0.3, -0.25) is 9.63 Å².